The van der Waals surface area contributed by atoms with Crippen LogP contribution >= 0.6 is 0 Å². The molecule has 0 aliphatic rings. The largest absolute Gasteiger partial charge is 0.492 e. The molecule has 2 aromatic carbocycles. The molecule has 2 rings (SSSR count). The second-order valence-electron chi connectivity index (χ2n) is 5.22. The van der Waals surface area contributed by atoms with Crippen molar-refractivity contribution in [3.8, 4) is 5.75 Å². The minimum Gasteiger partial charge on any atom is -0.492 e. The fraction of sp³-hybridized carbons (Fsp3) is 0.263. The van der Waals surface area contributed by atoms with Gasteiger partial charge in [0.1, 0.15) is 5.75 Å². The molecule has 1 amide bonds. The Kier molecular flexibility index (Phi) is 6.83. The van der Waals surface area contributed by atoms with Crippen molar-refractivity contribution in [2.45, 2.75) is 13.3 Å². The van der Waals surface area contributed by atoms with Gasteiger partial charge in [0.2, 0.25) is 5.91 Å². The third-order valence-corrected chi connectivity index (χ3v) is 3.45. The Morgan fingerprint density at radius 3 is 2.44 bits per heavy atom. The lowest BCUT2D eigenvalue weighted by Gasteiger charge is -2.11. The molecular weight excluding hydrogens is 320 g/mol. The first kappa shape index (κ1) is 18.3. The molecule has 0 saturated heterocycles. The summed E-state index contributed by atoms with van der Waals surface area (Å²) in [5, 5.41) is 5.99. The Bertz CT molecular complexity index is 714. The molecule has 0 radical (unpaired) electrons. The Labute approximate surface area is 147 Å². The Balaban J connectivity index is 1.82. The summed E-state index contributed by atoms with van der Waals surface area (Å²) in [6, 6.07) is 14.2. The van der Waals surface area contributed by atoms with E-state index in [9.17, 15) is 9.59 Å². The van der Waals surface area contributed by atoms with Crippen molar-refractivity contribution in [3.05, 3.63) is 54.1 Å². The number of nitrogens with one attached hydrogen (secondary N) is 2. The summed E-state index contributed by atoms with van der Waals surface area (Å²) in [5.74, 6) is 0.175. The van der Waals surface area contributed by atoms with Gasteiger partial charge >= 0.3 is 5.97 Å². The molecule has 6 heteroatoms. The topological polar surface area (TPSA) is 76.7 Å². The number of ether oxygens (including phenoxy) is 2. The van der Waals surface area contributed by atoms with Gasteiger partial charge in [0.05, 0.1) is 25.0 Å². The number of rotatable bonds is 8. The Hall–Kier alpha value is -3.02. The molecule has 2 N–H and O–H groups in total. The number of hydrogen-bond acceptors (Lipinski definition) is 5. The summed E-state index contributed by atoms with van der Waals surface area (Å²) in [5.41, 5.74) is 1.98. The van der Waals surface area contributed by atoms with E-state index in [4.69, 9.17) is 4.74 Å². The highest BCUT2D eigenvalue weighted by Gasteiger charge is 2.08. The molecule has 0 aliphatic carbocycles. The minimum atomic E-state index is -0.376. The predicted molar refractivity (Wildman–Crippen MR) is 97.1 cm³/mol. The van der Waals surface area contributed by atoms with Crippen LogP contribution in [0.25, 0.3) is 0 Å². The van der Waals surface area contributed by atoms with Gasteiger partial charge in [0.15, 0.2) is 0 Å². The molecule has 0 spiro atoms. The number of para-hydroxylation sites is 2. The Morgan fingerprint density at radius 1 is 1.04 bits per heavy atom. The van der Waals surface area contributed by atoms with Crippen molar-refractivity contribution < 1.29 is 19.1 Å². The first-order chi connectivity index (χ1) is 12.1. The molecule has 132 valence electrons. The van der Waals surface area contributed by atoms with Crippen LogP contribution in [0, 0.1) is 0 Å². The molecule has 0 aliphatic heterocycles. The molecular formula is C19H22N2O4. The number of esters is 1. The highest BCUT2D eigenvalue weighted by atomic mass is 16.5. The van der Waals surface area contributed by atoms with Crippen molar-refractivity contribution in [1.82, 2.24) is 0 Å². The minimum absolute atomic E-state index is 0.106. The predicted octanol–water partition coefficient (Wildman–Crippen LogP) is 3.31. The van der Waals surface area contributed by atoms with Crippen molar-refractivity contribution in [3.63, 3.8) is 0 Å². The van der Waals surface area contributed by atoms with Crippen molar-refractivity contribution in [2.75, 3.05) is 30.9 Å². The van der Waals surface area contributed by atoms with Crippen LogP contribution in [0.15, 0.2) is 48.5 Å². The third kappa shape index (κ3) is 5.53. The van der Waals surface area contributed by atoms with Gasteiger partial charge < -0.3 is 20.1 Å². The van der Waals surface area contributed by atoms with E-state index in [0.29, 0.717) is 36.6 Å². The smallest absolute Gasteiger partial charge is 0.337 e. The summed E-state index contributed by atoms with van der Waals surface area (Å²) in [7, 11) is 1.34. The van der Waals surface area contributed by atoms with Crippen LogP contribution in [-0.2, 0) is 9.53 Å². The lowest BCUT2D eigenvalue weighted by Crippen LogP contribution is -2.16. The normalized spacial score (nSPS) is 10.0. The lowest BCUT2D eigenvalue weighted by atomic mass is 10.2. The van der Waals surface area contributed by atoms with Crippen molar-refractivity contribution in [2.24, 2.45) is 0 Å². The fourth-order valence-electron chi connectivity index (χ4n) is 2.23. The van der Waals surface area contributed by atoms with E-state index in [2.05, 4.69) is 15.4 Å². The van der Waals surface area contributed by atoms with Crippen LogP contribution < -0.4 is 15.4 Å². The van der Waals surface area contributed by atoms with Crippen LogP contribution in [-0.4, -0.2) is 32.1 Å². The summed E-state index contributed by atoms with van der Waals surface area (Å²) < 4.78 is 10.1. The highest BCUT2D eigenvalue weighted by Crippen LogP contribution is 2.23. The maximum Gasteiger partial charge on any atom is 0.337 e. The quantitative estimate of drug-likeness (QED) is 0.720. The van der Waals surface area contributed by atoms with Gasteiger partial charge in [-0.3, -0.25) is 4.79 Å². The number of anilines is 2. The molecule has 0 heterocycles. The molecule has 25 heavy (non-hydrogen) atoms. The summed E-state index contributed by atoms with van der Waals surface area (Å²) in [6.07, 6.45) is 0.305. The van der Waals surface area contributed by atoms with Gasteiger partial charge in [-0.15, -0.1) is 0 Å². The SMILES string of the molecule is CCOc1ccccc1NC(=O)CCNc1ccc(C(=O)OC)cc1. The monoisotopic (exact) mass is 342 g/mol. The Morgan fingerprint density at radius 2 is 1.76 bits per heavy atom. The van der Waals surface area contributed by atoms with Crippen molar-refractivity contribution >= 4 is 23.3 Å². The van der Waals surface area contributed by atoms with E-state index >= 15 is 0 Å². The first-order valence-electron chi connectivity index (χ1n) is 8.08. The highest BCUT2D eigenvalue weighted by molar-refractivity contribution is 5.92. The number of carbonyl (C=O) groups is 2. The fourth-order valence-corrected chi connectivity index (χ4v) is 2.23. The van der Waals surface area contributed by atoms with Gasteiger partial charge in [-0.05, 0) is 43.3 Å². The maximum atomic E-state index is 12.1. The van der Waals surface area contributed by atoms with E-state index < -0.39 is 0 Å². The molecule has 0 unspecified atom stereocenters. The number of amides is 1. The molecule has 0 atom stereocenters. The zero-order valence-electron chi connectivity index (χ0n) is 14.4. The van der Waals surface area contributed by atoms with Crippen LogP contribution in [0.5, 0.6) is 5.75 Å². The van der Waals surface area contributed by atoms with Crippen LogP contribution in [0.4, 0.5) is 11.4 Å². The van der Waals surface area contributed by atoms with E-state index in [-0.39, 0.29) is 11.9 Å². The molecule has 2 aromatic rings. The molecule has 0 fully saturated rings. The molecule has 0 bridgehead atoms. The van der Waals surface area contributed by atoms with E-state index in [1.54, 1.807) is 24.3 Å². The van der Waals surface area contributed by atoms with Gasteiger partial charge in [0.25, 0.3) is 0 Å². The van der Waals surface area contributed by atoms with Crippen molar-refractivity contribution in [1.29, 1.82) is 0 Å². The van der Waals surface area contributed by atoms with Crippen LogP contribution in [0.2, 0.25) is 0 Å². The maximum absolute atomic E-state index is 12.1. The van der Waals surface area contributed by atoms with Crippen LogP contribution in [0.1, 0.15) is 23.7 Å². The number of hydrogen-bond donors (Lipinski definition) is 2. The standard InChI is InChI=1S/C19H22N2O4/c1-3-25-17-7-5-4-6-16(17)21-18(22)12-13-20-15-10-8-14(9-11-15)19(23)24-2/h4-11,20H,3,12-13H2,1-2H3,(H,21,22). The number of benzene rings is 2. The van der Waals surface area contributed by atoms with E-state index in [1.165, 1.54) is 7.11 Å². The zero-order chi connectivity index (χ0) is 18.1. The second-order valence-corrected chi connectivity index (χ2v) is 5.22. The number of carbonyl (C=O) groups excluding carboxylic acids is 2. The van der Waals surface area contributed by atoms with E-state index in [0.717, 1.165) is 5.69 Å². The van der Waals surface area contributed by atoms with Gasteiger partial charge in [-0.25, -0.2) is 4.79 Å². The average molecular weight is 342 g/mol. The summed E-state index contributed by atoms with van der Waals surface area (Å²) in [6.45, 7) is 2.91. The van der Waals surface area contributed by atoms with Gasteiger partial charge in [0, 0.05) is 18.7 Å². The van der Waals surface area contributed by atoms with Gasteiger partial charge in [-0.1, -0.05) is 12.1 Å². The number of methoxy groups -OCH3 is 1. The first-order valence-corrected chi connectivity index (χ1v) is 8.08. The zero-order valence-corrected chi connectivity index (χ0v) is 14.4. The lowest BCUT2D eigenvalue weighted by molar-refractivity contribution is -0.116. The average Bonchev–Trinajstić information content (AvgIpc) is 2.63. The molecule has 0 saturated carbocycles. The summed E-state index contributed by atoms with van der Waals surface area (Å²) >= 11 is 0. The molecule has 0 aromatic heterocycles. The van der Waals surface area contributed by atoms with E-state index in [1.807, 2.05) is 31.2 Å². The molecule has 6 nitrogen and oxygen atoms in total. The van der Waals surface area contributed by atoms with Gasteiger partial charge in [-0.2, -0.15) is 0 Å². The summed E-state index contributed by atoms with van der Waals surface area (Å²) in [4.78, 5) is 23.4. The second kappa shape index (κ2) is 9.32. The van der Waals surface area contributed by atoms with Crippen LogP contribution in [0.3, 0.4) is 0 Å². The third-order valence-electron chi connectivity index (χ3n) is 3.45.